The number of hydrogen-bond acceptors (Lipinski definition) is 3. The van der Waals surface area contributed by atoms with E-state index in [4.69, 9.17) is 5.73 Å². The quantitative estimate of drug-likeness (QED) is 0.576. The number of aromatic nitrogens is 1. The summed E-state index contributed by atoms with van der Waals surface area (Å²) in [5.41, 5.74) is 6.56. The highest BCUT2D eigenvalue weighted by atomic mass is 16.1. The minimum absolute atomic E-state index is 0.235. The number of nitrogens with two attached hydrogens (primary N) is 1. The van der Waals surface area contributed by atoms with E-state index in [0.29, 0.717) is 5.82 Å². The number of anilines is 1. The Hall–Kier alpha value is -2.34. The summed E-state index contributed by atoms with van der Waals surface area (Å²) in [5, 5.41) is 1.86. The molecule has 0 amide bonds. The Balaban J connectivity index is 2.60. The van der Waals surface area contributed by atoms with Crippen LogP contribution in [0.5, 0.6) is 0 Å². The highest BCUT2D eigenvalue weighted by molar-refractivity contribution is 5.94. The van der Waals surface area contributed by atoms with Crippen LogP contribution < -0.4 is 5.73 Å². The number of aldehydes is 1. The number of carbonyl (C=O) groups excluding carboxylic acids is 1. The molecule has 0 saturated heterocycles. The molecule has 1 heterocycles. The van der Waals surface area contributed by atoms with Gasteiger partial charge in [-0.1, -0.05) is 36.1 Å². The van der Waals surface area contributed by atoms with Crippen molar-refractivity contribution in [3.63, 3.8) is 0 Å². The average Bonchev–Trinajstić information content (AvgIpc) is 2.33. The number of hydrogen-bond donors (Lipinski definition) is 1. The maximum absolute atomic E-state index is 10.2. The smallest absolute Gasteiger partial charge is 0.131 e. The van der Waals surface area contributed by atoms with E-state index in [1.54, 1.807) is 6.20 Å². The molecule has 0 spiro atoms. The molecule has 2 rings (SSSR count). The fourth-order valence-corrected chi connectivity index (χ4v) is 1.50. The maximum atomic E-state index is 10.2. The molecule has 0 bridgehead atoms. The van der Waals surface area contributed by atoms with Crippen LogP contribution in [0.4, 0.5) is 5.82 Å². The van der Waals surface area contributed by atoms with Gasteiger partial charge in [0.25, 0.3) is 0 Å². The second kappa shape index (κ2) is 4.45. The number of nitrogen functional groups attached to an aromatic ring is 1. The van der Waals surface area contributed by atoms with Crippen LogP contribution in [0.15, 0.2) is 30.5 Å². The van der Waals surface area contributed by atoms with Gasteiger partial charge >= 0.3 is 0 Å². The second-order valence-corrected chi connectivity index (χ2v) is 3.28. The van der Waals surface area contributed by atoms with E-state index in [2.05, 4.69) is 16.8 Å². The first-order valence-corrected chi connectivity index (χ1v) is 4.88. The van der Waals surface area contributed by atoms with Gasteiger partial charge in [-0.05, 0) is 0 Å². The molecule has 0 atom stereocenters. The molecule has 1 aromatic heterocycles. The van der Waals surface area contributed by atoms with Crippen molar-refractivity contribution in [1.29, 1.82) is 0 Å². The molecule has 0 unspecified atom stereocenters. The summed E-state index contributed by atoms with van der Waals surface area (Å²) in [5.74, 6) is 6.18. The first kappa shape index (κ1) is 10.2. The van der Waals surface area contributed by atoms with Crippen LogP contribution in [0.1, 0.15) is 12.0 Å². The fraction of sp³-hybridized carbons (Fsp3) is 0.0769. The molecule has 0 aliphatic carbocycles. The molecule has 0 saturated carbocycles. The van der Waals surface area contributed by atoms with Gasteiger partial charge in [-0.15, -0.1) is 0 Å². The third-order valence-corrected chi connectivity index (χ3v) is 2.23. The van der Waals surface area contributed by atoms with Gasteiger partial charge in [0.2, 0.25) is 0 Å². The van der Waals surface area contributed by atoms with Gasteiger partial charge < -0.3 is 10.5 Å². The van der Waals surface area contributed by atoms with Crippen LogP contribution in [-0.2, 0) is 4.79 Å². The third-order valence-electron chi connectivity index (χ3n) is 2.23. The average molecular weight is 210 g/mol. The zero-order valence-corrected chi connectivity index (χ0v) is 8.60. The molecular weight excluding hydrogens is 200 g/mol. The first-order valence-electron chi connectivity index (χ1n) is 4.88. The summed E-state index contributed by atoms with van der Waals surface area (Å²) in [6.45, 7) is 0. The van der Waals surface area contributed by atoms with Crippen molar-refractivity contribution >= 4 is 22.9 Å². The molecular formula is C13H10N2O. The van der Waals surface area contributed by atoms with Gasteiger partial charge in [-0.3, -0.25) is 0 Å². The topological polar surface area (TPSA) is 56.0 Å². The van der Waals surface area contributed by atoms with E-state index in [-0.39, 0.29) is 6.42 Å². The summed E-state index contributed by atoms with van der Waals surface area (Å²) < 4.78 is 0. The minimum Gasteiger partial charge on any atom is -0.383 e. The standard InChI is InChI=1S/C13H10N2O/c14-13-12-7-2-1-6-11(12)10(9-15-13)5-3-4-8-16/h1-2,6-9H,4H2,(H2,14,15). The molecule has 0 fully saturated rings. The molecule has 2 aromatic rings. The molecule has 0 radical (unpaired) electrons. The third kappa shape index (κ3) is 1.86. The molecule has 1 aromatic carbocycles. The summed E-state index contributed by atoms with van der Waals surface area (Å²) in [6, 6.07) is 7.68. The SMILES string of the molecule is Nc1ncc(C#CCC=O)c2ccccc12. The van der Waals surface area contributed by atoms with E-state index >= 15 is 0 Å². The summed E-state index contributed by atoms with van der Waals surface area (Å²) in [6.07, 6.45) is 2.65. The van der Waals surface area contributed by atoms with Crippen molar-refractivity contribution in [3.8, 4) is 11.8 Å². The Labute approximate surface area is 93.3 Å². The predicted molar refractivity (Wildman–Crippen MR) is 63.7 cm³/mol. The van der Waals surface area contributed by atoms with E-state index in [1.807, 2.05) is 24.3 Å². The van der Waals surface area contributed by atoms with Gasteiger partial charge in [-0.25, -0.2) is 4.98 Å². The van der Waals surface area contributed by atoms with Gasteiger partial charge in [0.1, 0.15) is 12.1 Å². The largest absolute Gasteiger partial charge is 0.383 e. The van der Waals surface area contributed by atoms with Crippen molar-refractivity contribution in [3.05, 3.63) is 36.0 Å². The van der Waals surface area contributed by atoms with Crippen LogP contribution in [0.3, 0.4) is 0 Å². The lowest BCUT2D eigenvalue weighted by Gasteiger charge is -2.02. The monoisotopic (exact) mass is 210 g/mol. The molecule has 16 heavy (non-hydrogen) atoms. The molecule has 2 N–H and O–H groups in total. The normalized spacial score (nSPS) is 9.50. The van der Waals surface area contributed by atoms with Crippen LogP contribution in [0.2, 0.25) is 0 Å². The fourth-order valence-electron chi connectivity index (χ4n) is 1.50. The Kier molecular flexibility index (Phi) is 2.84. The Morgan fingerprint density at radius 1 is 1.31 bits per heavy atom. The van der Waals surface area contributed by atoms with Gasteiger partial charge in [0.05, 0.1) is 12.0 Å². The predicted octanol–water partition coefficient (Wildman–Crippen LogP) is 1.76. The van der Waals surface area contributed by atoms with Crippen molar-refractivity contribution in [1.82, 2.24) is 4.98 Å². The van der Waals surface area contributed by atoms with Gasteiger partial charge in [0.15, 0.2) is 0 Å². The number of nitrogens with zero attached hydrogens (tertiary/aromatic N) is 1. The van der Waals surface area contributed by atoms with E-state index < -0.39 is 0 Å². The van der Waals surface area contributed by atoms with Gasteiger partial charge in [-0.2, -0.15) is 0 Å². The number of carbonyl (C=O) groups is 1. The molecule has 78 valence electrons. The molecule has 3 heteroatoms. The van der Waals surface area contributed by atoms with Gasteiger partial charge in [0, 0.05) is 17.0 Å². The lowest BCUT2D eigenvalue weighted by Crippen LogP contribution is -1.93. The van der Waals surface area contributed by atoms with Crippen LogP contribution in [0.25, 0.3) is 10.8 Å². The molecule has 0 aliphatic heterocycles. The van der Waals surface area contributed by atoms with Crippen LogP contribution in [0, 0.1) is 11.8 Å². The zero-order valence-electron chi connectivity index (χ0n) is 8.60. The molecule has 0 aliphatic rings. The highest BCUT2D eigenvalue weighted by Crippen LogP contribution is 2.21. The van der Waals surface area contributed by atoms with E-state index in [1.165, 1.54) is 0 Å². The second-order valence-electron chi connectivity index (χ2n) is 3.28. The molecule has 3 nitrogen and oxygen atoms in total. The summed E-state index contributed by atoms with van der Waals surface area (Å²) in [7, 11) is 0. The zero-order chi connectivity index (χ0) is 11.4. The summed E-state index contributed by atoms with van der Waals surface area (Å²) in [4.78, 5) is 14.2. The Morgan fingerprint density at radius 2 is 2.06 bits per heavy atom. The minimum atomic E-state index is 0.235. The maximum Gasteiger partial charge on any atom is 0.131 e. The van der Waals surface area contributed by atoms with E-state index in [0.717, 1.165) is 22.6 Å². The van der Waals surface area contributed by atoms with Crippen molar-refractivity contribution in [2.24, 2.45) is 0 Å². The Morgan fingerprint density at radius 3 is 2.81 bits per heavy atom. The number of pyridine rings is 1. The lowest BCUT2D eigenvalue weighted by molar-refractivity contribution is -0.107. The number of benzene rings is 1. The number of fused-ring (bicyclic) bond motifs is 1. The summed E-state index contributed by atoms with van der Waals surface area (Å²) >= 11 is 0. The van der Waals surface area contributed by atoms with Crippen molar-refractivity contribution in [2.75, 3.05) is 5.73 Å². The van der Waals surface area contributed by atoms with E-state index in [9.17, 15) is 4.79 Å². The number of rotatable bonds is 1. The van der Waals surface area contributed by atoms with Crippen LogP contribution in [-0.4, -0.2) is 11.3 Å². The van der Waals surface area contributed by atoms with Crippen molar-refractivity contribution < 1.29 is 4.79 Å². The Bertz CT molecular complexity index is 594. The lowest BCUT2D eigenvalue weighted by atomic mass is 10.1. The first-order chi connectivity index (χ1) is 7.83. The highest BCUT2D eigenvalue weighted by Gasteiger charge is 2.01. The van der Waals surface area contributed by atoms with Crippen molar-refractivity contribution in [2.45, 2.75) is 6.42 Å². The van der Waals surface area contributed by atoms with Crippen LogP contribution >= 0.6 is 0 Å².